The third kappa shape index (κ3) is 2.71. The van der Waals surface area contributed by atoms with Crippen LogP contribution in [0.5, 0.6) is 0 Å². The molecule has 0 atom stereocenters. The van der Waals surface area contributed by atoms with Crippen LogP contribution in [0, 0.1) is 5.41 Å². The maximum absolute atomic E-state index is 5.84. The van der Waals surface area contributed by atoms with E-state index in [2.05, 4.69) is 51.6 Å². The van der Waals surface area contributed by atoms with Crippen molar-refractivity contribution >= 4 is 5.71 Å². The quantitative estimate of drug-likeness (QED) is 0.659. The average Bonchev–Trinajstić information content (AvgIpc) is 2.61. The van der Waals surface area contributed by atoms with Crippen molar-refractivity contribution in [3.8, 4) is 0 Å². The van der Waals surface area contributed by atoms with Gasteiger partial charge in [0.2, 0.25) is 0 Å². The van der Waals surface area contributed by atoms with Gasteiger partial charge in [-0.25, -0.2) is 0 Å². The van der Waals surface area contributed by atoms with Crippen LogP contribution in [-0.4, -0.2) is 34.8 Å². The zero-order chi connectivity index (χ0) is 13.6. The molecular formula is C15H28N2O. The van der Waals surface area contributed by atoms with E-state index < -0.39 is 0 Å². The molecule has 2 heterocycles. The Kier molecular flexibility index (Phi) is 3.25. The van der Waals surface area contributed by atoms with Crippen molar-refractivity contribution in [2.45, 2.75) is 71.9 Å². The summed E-state index contributed by atoms with van der Waals surface area (Å²) in [6.07, 6.45) is 3.23. The molecule has 0 aliphatic carbocycles. The van der Waals surface area contributed by atoms with Gasteiger partial charge in [-0.05, 0) is 20.8 Å². The van der Waals surface area contributed by atoms with Gasteiger partial charge in [0.25, 0.3) is 0 Å². The molecule has 1 spiro atoms. The first-order valence-electron chi connectivity index (χ1n) is 7.13. The summed E-state index contributed by atoms with van der Waals surface area (Å²) in [4.78, 5) is 8.40. The highest BCUT2D eigenvalue weighted by atomic mass is 16.7. The van der Waals surface area contributed by atoms with Crippen molar-refractivity contribution in [2.75, 3.05) is 13.1 Å². The second kappa shape index (κ2) is 4.22. The summed E-state index contributed by atoms with van der Waals surface area (Å²) in [5, 5.41) is 4.37. The number of rotatable bonds is 0. The number of likely N-dealkylation sites (tertiary alicyclic amines) is 1. The van der Waals surface area contributed by atoms with E-state index in [1.165, 1.54) is 5.71 Å². The molecule has 104 valence electrons. The van der Waals surface area contributed by atoms with Crippen LogP contribution in [0.15, 0.2) is 5.16 Å². The molecule has 2 aliphatic rings. The summed E-state index contributed by atoms with van der Waals surface area (Å²) in [5.41, 5.74) is 1.65. The number of hydrogen-bond donors (Lipinski definition) is 0. The van der Waals surface area contributed by atoms with Gasteiger partial charge in [0.15, 0.2) is 0 Å². The minimum atomic E-state index is 0.00433. The molecule has 3 nitrogen and oxygen atoms in total. The first-order valence-corrected chi connectivity index (χ1v) is 7.13. The summed E-state index contributed by atoms with van der Waals surface area (Å²) in [6, 6.07) is 0. The van der Waals surface area contributed by atoms with Crippen molar-refractivity contribution in [3.05, 3.63) is 0 Å². The second-order valence-electron chi connectivity index (χ2n) is 7.90. The van der Waals surface area contributed by atoms with E-state index in [1.807, 2.05) is 0 Å². The first kappa shape index (κ1) is 13.9. The lowest BCUT2D eigenvalue weighted by atomic mass is 9.79. The summed E-state index contributed by atoms with van der Waals surface area (Å²) < 4.78 is 0. The largest absolute Gasteiger partial charge is 0.389 e. The normalized spacial score (nSPS) is 25.1. The van der Waals surface area contributed by atoms with Gasteiger partial charge in [0, 0.05) is 43.3 Å². The maximum atomic E-state index is 5.84. The predicted molar refractivity (Wildman–Crippen MR) is 75.9 cm³/mol. The highest BCUT2D eigenvalue weighted by molar-refractivity contribution is 5.90. The zero-order valence-corrected chi connectivity index (χ0v) is 12.8. The Labute approximate surface area is 112 Å². The van der Waals surface area contributed by atoms with E-state index in [4.69, 9.17) is 4.84 Å². The number of oxime groups is 1. The minimum Gasteiger partial charge on any atom is -0.389 e. The molecular weight excluding hydrogens is 224 g/mol. The molecule has 18 heavy (non-hydrogen) atoms. The predicted octanol–water partition coefficient (Wildman–Crippen LogP) is 3.44. The maximum Gasteiger partial charge on any atom is 0.145 e. The Morgan fingerprint density at radius 1 is 1.06 bits per heavy atom. The van der Waals surface area contributed by atoms with Gasteiger partial charge in [0.05, 0.1) is 5.71 Å². The van der Waals surface area contributed by atoms with Crippen LogP contribution < -0.4 is 0 Å². The van der Waals surface area contributed by atoms with Gasteiger partial charge >= 0.3 is 0 Å². The van der Waals surface area contributed by atoms with Crippen LogP contribution in [0.1, 0.15) is 60.8 Å². The van der Waals surface area contributed by atoms with Gasteiger partial charge in [-0.3, -0.25) is 4.90 Å². The monoisotopic (exact) mass is 252 g/mol. The van der Waals surface area contributed by atoms with Crippen molar-refractivity contribution in [1.29, 1.82) is 0 Å². The van der Waals surface area contributed by atoms with Crippen LogP contribution in [0.3, 0.4) is 0 Å². The smallest absolute Gasteiger partial charge is 0.145 e. The molecule has 0 amide bonds. The molecule has 0 aromatic heterocycles. The number of piperidine rings is 1. The van der Waals surface area contributed by atoms with E-state index in [9.17, 15) is 0 Å². The number of hydrogen-bond acceptors (Lipinski definition) is 3. The van der Waals surface area contributed by atoms with Crippen LogP contribution in [-0.2, 0) is 4.84 Å². The third-order valence-electron chi connectivity index (χ3n) is 4.33. The lowest BCUT2D eigenvalue weighted by Gasteiger charge is -2.43. The molecule has 2 rings (SSSR count). The van der Waals surface area contributed by atoms with Gasteiger partial charge in [-0.2, -0.15) is 0 Å². The lowest BCUT2D eigenvalue weighted by molar-refractivity contribution is -0.0745. The fourth-order valence-electron chi connectivity index (χ4n) is 2.78. The molecule has 3 heteroatoms. The Morgan fingerprint density at radius 2 is 1.61 bits per heavy atom. The molecule has 0 aromatic rings. The molecule has 0 aromatic carbocycles. The summed E-state index contributed by atoms with van der Waals surface area (Å²) >= 11 is 0. The SMILES string of the molecule is CC(C)(C)C1=NOC2(CCN(C(C)(C)C)CC2)C1. The minimum absolute atomic E-state index is 0.00433. The van der Waals surface area contributed by atoms with E-state index in [0.717, 1.165) is 32.4 Å². The van der Waals surface area contributed by atoms with E-state index in [0.29, 0.717) is 0 Å². The highest BCUT2D eigenvalue weighted by Gasteiger charge is 2.45. The van der Waals surface area contributed by atoms with Crippen molar-refractivity contribution in [2.24, 2.45) is 10.6 Å². The van der Waals surface area contributed by atoms with Crippen molar-refractivity contribution in [3.63, 3.8) is 0 Å². The topological polar surface area (TPSA) is 24.8 Å². The molecule has 0 N–H and O–H groups in total. The second-order valence-corrected chi connectivity index (χ2v) is 7.90. The molecule has 1 saturated heterocycles. The zero-order valence-electron chi connectivity index (χ0n) is 12.8. The van der Waals surface area contributed by atoms with Gasteiger partial charge in [-0.1, -0.05) is 25.9 Å². The molecule has 2 aliphatic heterocycles. The fraction of sp³-hybridized carbons (Fsp3) is 0.933. The van der Waals surface area contributed by atoms with Crippen LogP contribution >= 0.6 is 0 Å². The third-order valence-corrected chi connectivity index (χ3v) is 4.33. The van der Waals surface area contributed by atoms with Gasteiger partial charge < -0.3 is 4.84 Å². The fourth-order valence-corrected chi connectivity index (χ4v) is 2.78. The van der Waals surface area contributed by atoms with Crippen molar-refractivity contribution in [1.82, 2.24) is 4.90 Å². The Hall–Kier alpha value is -0.570. The van der Waals surface area contributed by atoms with Crippen molar-refractivity contribution < 1.29 is 4.84 Å². The lowest BCUT2D eigenvalue weighted by Crippen LogP contribution is -2.51. The van der Waals surface area contributed by atoms with E-state index in [1.54, 1.807) is 0 Å². The molecule has 1 fully saturated rings. The van der Waals surface area contributed by atoms with Gasteiger partial charge in [-0.15, -0.1) is 0 Å². The van der Waals surface area contributed by atoms with E-state index in [-0.39, 0.29) is 16.6 Å². The average molecular weight is 252 g/mol. The molecule has 0 bridgehead atoms. The summed E-state index contributed by atoms with van der Waals surface area (Å²) in [5.74, 6) is 0. The molecule has 0 saturated carbocycles. The summed E-state index contributed by atoms with van der Waals surface area (Å²) in [7, 11) is 0. The van der Waals surface area contributed by atoms with E-state index >= 15 is 0 Å². The van der Waals surface area contributed by atoms with Crippen LogP contribution in [0.4, 0.5) is 0 Å². The number of nitrogens with zero attached hydrogens (tertiary/aromatic N) is 2. The van der Waals surface area contributed by atoms with Crippen LogP contribution in [0.25, 0.3) is 0 Å². The summed E-state index contributed by atoms with van der Waals surface area (Å²) in [6.45, 7) is 15.8. The molecule has 0 unspecified atom stereocenters. The Bertz CT molecular complexity index is 338. The standard InChI is InChI=1S/C15H28N2O/c1-13(2,3)12-11-15(18-16-12)7-9-17(10-8-15)14(4,5)6/h7-11H2,1-6H3. The van der Waals surface area contributed by atoms with Gasteiger partial charge in [0.1, 0.15) is 5.60 Å². The highest BCUT2D eigenvalue weighted by Crippen LogP contribution is 2.39. The first-order chi connectivity index (χ1) is 8.12. The Balaban J connectivity index is 1.96. The van der Waals surface area contributed by atoms with Crippen LogP contribution in [0.2, 0.25) is 0 Å². The Morgan fingerprint density at radius 3 is 2.00 bits per heavy atom. The molecule has 0 radical (unpaired) electrons.